The van der Waals surface area contributed by atoms with Gasteiger partial charge in [-0.25, -0.2) is 12.8 Å². The summed E-state index contributed by atoms with van der Waals surface area (Å²) in [5.41, 5.74) is 0.802. The summed E-state index contributed by atoms with van der Waals surface area (Å²) in [7, 11) is -1.58. The first-order valence-corrected chi connectivity index (χ1v) is 15.5. The molecule has 0 spiro atoms. The minimum absolute atomic E-state index is 0.0427. The van der Waals surface area contributed by atoms with E-state index in [0.717, 1.165) is 26.5 Å². The van der Waals surface area contributed by atoms with Crippen LogP contribution in [0.4, 0.5) is 10.1 Å². The topological polar surface area (TPSA) is 105 Å². The summed E-state index contributed by atoms with van der Waals surface area (Å²) in [6.45, 7) is 4.77. The molecule has 0 aliphatic heterocycles. The average Bonchev–Trinajstić information content (AvgIpc) is 2.98. The molecule has 0 unspecified atom stereocenters. The summed E-state index contributed by atoms with van der Waals surface area (Å²) in [4.78, 5) is 28.3. The zero-order valence-corrected chi connectivity index (χ0v) is 26.5. The molecule has 3 rings (SSSR count). The number of sulfonamides is 1. The summed E-state index contributed by atoms with van der Waals surface area (Å²) in [6, 6.07) is 15.0. The number of hydrogen-bond acceptors (Lipinski definition) is 6. The van der Waals surface area contributed by atoms with E-state index in [0.29, 0.717) is 12.2 Å². The van der Waals surface area contributed by atoms with Crippen molar-refractivity contribution >= 4 is 43.5 Å². The Hall–Kier alpha value is -3.64. The van der Waals surface area contributed by atoms with E-state index in [2.05, 4.69) is 21.2 Å². The van der Waals surface area contributed by atoms with E-state index in [1.54, 1.807) is 13.0 Å². The number of rotatable bonds is 13. The zero-order chi connectivity index (χ0) is 31.0. The van der Waals surface area contributed by atoms with Crippen LogP contribution in [0.5, 0.6) is 11.5 Å². The Labute approximate surface area is 254 Å². The number of hydrogen-bond donors (Lipinski definition) is 1. The molecule has 3 aromatic rings. The van der Waals surface area contributed by atoms with E-state index in [1.807, 2.05) is 32.0 Å². The molecule has 42 heavy (non-hydrogen) atoms. The normalized spacial score (nSPS) is 12.6. The standard InChI is InChI=1S/C30H35BrFN3O6S/c1-6-20(2)33-30(37)21(3)34(18-22-8-7-9-23(31)16-22)29(36)19-35(25-12-10-24(32)11-13-25)42(38,39)26-14-15-27(40-4)28(17-26)41-5/h7-17,20-21H,6,18-19H2,1-5H3,(H,33,37)/t20-,21-/m1/s1. The molecule has 1 N–H and O–H groups in total. The Morgan fingerprint density at radius 2 is 1.64 bits per heavy atom. The van der Waals surface area contributed by atoms with Crippen molar-refractivity contribution in [2.75, 3.05) is 25.1 Å². The molecular weight excluding hydrogens is 629 g/mol. The van der Waals surface area contributed by atoms with Crippen molar-refractivity contribution in [2.45, 2.75) is 50.7 Å². The van der Waals surface area contributed by atoms with Gasteiger partial charge >= 0.3 is 0 Å². The molecule has 2 amide bonds. The van der Waals surface area contributed by atoms with Crippen molar-refractivity contribution in [3.8, 4) is 11.5 Å². The summed E-state index contributed by atoms with van der Waals surface area (Å²) < 4.78 is 54.0. The van der Waals surface area contributed by atoms with Gasteiger partial charge < -0.3 is 19.7 Å². The Bertz CT molecular complexity index is 1500. The van der Waals surface area contributed by atoms with Crippen molar-refractivity contribution < 1.29 is 31.9 Å². The zero-order valence-electron chi connectivity index (χ0n) is 24.1. The number of benzene rings is 3. The third-order valence-corrected chi connectivity index (χ3v) is 9.01. The highest BCUT2D eigenvalue weighted by Gasteiger charge is 2.33. The van der Waals surface area contributed by atoms with Crippen LogP contribution in [0.2, 0.25) is 0 Å². The highest BCUT2D eigenvalue weighted by atomic mass is 79.9. The van der Waals surface area contributed by atoms with E-state index in [9.17, 15) is 22.4 Å². The number of nitrogens with zero attached hydrogens (tertiary/aromatic N) is 2. The molecule has 12 heteroatoms. The fourth-order valence-corrected chi connectivity index (χ4v) is 6.00. The highest BCUT2D eigenvalue weighted by molar-refractivity contribution is 9.10. The van der Waals surface area contributed by atoms with Gasteiger partial charge in [-0.1, -0.05) is 35.0 Å². The van der Waals surface area contributed by atoms with Gasteiger partial charge in [-0.15, -0.1) is 0 Å². The number of methoxy groups -OCH3 is 2. The number of carbonyl (C=O) groups excluding carboxylic acids is 2. The summed E-state index contributed by atoms with van der Waals surface area (Å²) >= 11 is 3.43. The number of ether oxygens (including phenoxy) is 2. The number of carbonyl (C=O) groups is 2. The van der Waals surface area contributed by atoms with Crippen LogP contribution in [0, 0.1) is 5.82 Å². The second kappa shape index (κ2) is 14.5. The fourth-order valence-electron chi connectivity index (χ4n) is 4.12. The maximum Gasteiger partial charge on any atom is 0.264 e. The molecule has 0 fully saturated rings. The molecule has 226 valence electrons. The second-order valence-electron chi connectivity index (χ2n) is 9.65. The SMILES string of the molecule is CC[C@@H](C)NC(=O)[C@@H](C)N(Cc1cccc(Br)c1)C(=O)CN(c1ccc(F)cc1)S(=O)(=O)c1ccc(OC)c(OC)c1. The number of halogens is 2. The lowest BCUT2D eigenvalue weighted by Crippen LogP contribution is -2.52. The highest BCUT2D eigenvalue weighted by Crippen LogP contribution is 2.32. The third kappa shape index (κ3) is 8.01. The van der Waals surface area contributed by atoms with Crippen LogP contribution in [0.3, 0.4) is 0 Å². The molecule has 0 saturated carbocycles. The van der Waals surface area contributed by atoms with Crippen LogP contribution in [0.1, 0.15) is 32.8 Å². The lowest BCUT2D eigenvalue weighted by Gasteiger charge is -2.32. The van der Waals surface area contributed by atoms with E-state index < -0.39 is 34.3 Å². The molecule has 0 aliphatic rings. The van der Waals surface area contributed by atoms with Crippen molar-refractivity contribution in [1.29, 1.82) is 0 Å². The quantitative estimate of drug-likeness (QED) is 0.272. The van der Waals surface area contributed by atoms with Gasteiger partial charge in [0, 0.05) is 23.1 Å². The van der Waals surface area contributed by atoms with Gasteiger partial charge in [-0.3, -0.25) is 13.9 Å². The van der Waals surface area contributed by atoms with Gasteiger partial charge in [0.2, 0.25) is 11.8 Å². The second-order valence-corrected chi connectivity index (χ2v) is 12.4. The Morgan fingerprint density at radius 3 is 2.24 bits per heavy atom. The van der Waals surface area contributed by atoms with Crippen LogP contribution in [-0.4, -0.2) is 58.0 Å². The maximum absolute atomic E-state index is 14.0. The minimum Gasteiger partial charge on any atom is -0.493 e. The van der Waals surface area contributed by atoms with E-state index in [-0.39, 0.29) is 34.8 Å². The average molecular weight is 665 g/mol. The lowest BCUT2D eigenvalue weighted by atomic mass is 10.1. The minimum atomic E-state index is -4.38. The largest absolute Gasteiger partial charge is 0.493 e. The molecule has 2 atom stereocenters. The monoisotopic (exact) mass is 663 g/mol. The molecular formula is C30H35BrFN3O6S. The molecule has 0 aromatic heterocycles. The van der Waals surface area contributed by atoms with Gasteiger partial charge in [0.15, 0.2) is 11.5 Å². The molecule has 0 heterocycles. The van der Waals surface area contributed by atoms with Crippen LogP contribution in [0.15, 0.2) is 76.1 Å². The molecule has 0 radical (unpaired) electrons. The third-order valence-electron chi connectivity index (χ3n) is 6.75. The first kappa shape index (κ1) is 32.9. The van der Waals surface area contributed by atoms with Gasteiger partial charge in [0.25, 0.3) is 10.0 Å². The molecule has 0 saturated heterocycles. The number of nitrogens with one attached hydrogen (secondary N) is 1. The van der Waals surface area contributed by atoms with Crippen molar-refractivity contribution in [3.05, 3.63) is 82.6 Å². The number of amides is 2. The predicted molar refractivity (Wildman–Crippen MR) is 163 cm³/mol. The van der Waals surface area contributed by atoms with E-state index >= 15 is 0 Å². The van der Waals surface area contributed by atoms with Crippen LogP contribution in [0.25, 0.3) is 0 Å². The molecule has 0 bridgehead atoms. The molecule has 9 nitrogen and oxygen atoms in total. The maximum atomic E-state index is 14.0. The first-order chi connectivity index (χ1) is 19.9. The van der Waals surface area contributed by atoms with Crippen LogP contribution < -0.4 is 19.1 Å². The predicted octanol–water partition coefficient (Wildman–Crippen LogP) is 5.13. The molecule has 3 aromatic carbocycles. The fraction of sp³-hybridized carbons (Fsp3) is 0.333. The Morgan fingerprint density at radius 1 is 0.976 bits per heavy atom. The van der Waals surface area contributed by atoms with E-state index in [1.165, 1.54) is 49.5 Å². The van der Waals surface area contributed by atoms with Crippen molar-refractivity contribution in [1.82, 2.24) is 10.2 Å². The number of anilines is 1. The van der Waals surface area contributed by atoms with Gasteiger partial charge in [0.1, 0.15) is 18.4 Å². The lowest BCUT2D eigenvalue weighted by molar-refractivity contribution is -0.139. The Kier molecular flexibility index (Phi) is 11.3. The summed E-state index contributed by atoms with van der Waals surface area (Å²) in [6.07, 6.45) is 0.694. The van der Waals surface area contributed by atoms with Gasteiger partial charge in [-0.2, -0.15) is 0 Å². The van der Waals surface area contributed by atoms with Crippen molar-refractivity contribution in [3.63, 3.8) is 0 Å². The Balaban J connectivity index is 2.06. The molecule has 0 aliphatic carbocycles. The summed E-state index contributed by atoms with van der Waals surface area (Å²) in [5.74, 6) is -1.07. The van der Waals surface area contributed by atoms with Gasteiger partial charge in [-0.05, 0) is 74.4 Å². The van der Waals surface area contributed by atoms with Crippen molar-refractivity contribution in [2.24, 2.45) is 0 Å². The van der Waals surface area contributed by atoms with Gasteiger partial charge in [0.05, 0.1) is 24.8 Å². The summed E-state index contributed by atoms with van der Waals surface area (Å²) in [5, 5.41) is 2.89. The first-order valence-electron chi connectivity index (χ1n) is 13.3. The van der Waals surface area contributed by atoms with Crippen LogP contribution >= 0.6 is 15.9 Å². The smallest absolute Gasteiger partial charge is 0.264 e. The van der Waals surface area contributed by atoms with Crippen LogP contribution in [-0.2, 0) is 26.2 Å². The van der Waals surface area contributed by atoms with E-state index in [4.69, 9.17) is 9.47 Å².